The van der Waals surface area contributed by atoms with Crippen molar-refractivity contribution in [3.8, 4) is 0 Å². The van der Waals surface area contributed by atoms with Crippen LogP contribution in [0, 0.1) is 17.8 Å². The summed E-state index contributed by atoms with van der Waals surface area (Å²) in [7, 11) is 0. The zero-order chi connectivity index (χ0) is 18.3. The quantitative estimate of drug-likeness (QED) is 0.814. The van der Waals surface area contributed by atoms with Crippen LogP contribution >= 0.6 is 11.6 Å². The first kappa shape index (κ1) is 17.5. The fraction of sp³-hybridized carbons (Fsp3) is 0.526. The number of nitrogens with one attached hydrogen (secondary N) is 1. The van der Waals surface area contributed by atoms with E-state index >= 15 is 0 Å². The maximum Gasteiger partial charge on any atom is 0.251 e. The van der Waals surface area contributed by atoms with Crippen LogP contribution in [0.4, 0.5) is 0 Å². The predicted molar refractivity (Wildman–Crippen MR) is 97.7 cm³/mol. The van der Waals surface area contributed by atoms with E-state index in [0.717, 1.165) is 25.0 Å². The van der Waals surface area contributed by atoms with Crippen LogP contribution in [-0.2, 0) is 6.61 Å². The molecule has 0 spiro atoms. The Kier molecular flexibility index (Phi) is 4.71. The van der Waals surface area contributed by atoms with Crippen LogP contribution in [-0.4, -0.2) is 32.0 Å². The second-order valence-electron chi connectivity index (χ2n) is 7.35. The van der Waals surface area contributed by atoms with Crippen molar-refractivity contribution in [2.45, 2.75) is 44.9 Å². The van der Waals surface area contributed by atoms with E-state index in [1.54, 1.807) is 30.5 Å². The lowest BCUT2D eigenvalue weighted by Crippen LogP contribution is -2.37. The zero-order valence-electron chi connectivity index (χ0n) is 14.7. The van der Waals surface area contributed by atoms with Crippen molar-refractivity contribution in [3.63, 3.8) is 0 Å². The molecule has 0 saturated heterocycles. The number of hydrogen-bond donors (Lipinski definition) is 2. The molecule has 5 atom stereocenters. The third-order valence-electron chi connectivity index (χ3n) is 5.97. The summed E-state index contributed by atoms with van der Waals surface area (Å²) in [5.74, 6) is 1.74. The smallest absolute Gasteiger partial charge is 0.251 e. The molecule has 2 aliphatic carbocycles. The van der Waals surface area contributed by atoms with Crippen molar-refractivity contribution in [1.82, 2.24) is 20.3 Å². The Balaban J connectivity index is 1.37. The monoisotopic (exact) mass is 374 g/mol. The van der Waals surface area contributed by atoms with Crippen LogP contribution in [0.25, 0.3) is 0 Å². The SMILES string of the molecule is CCC(NC(=O)c1ccc(Cl)cc1)[C@H]1[C@@H]2C[C@@H](n3nncc3CO)C[C@@H]21. The van der Waals surface area contributed by atoms with Crippen LogP contribution in [0.2, 0.25) is 5.02 Å². The van der Waals surface area contributed by atoms with Gasteiger partial charge in [-0.05, 0) is 61.3 Å². The van der Waals surface area contributed by atoms with Gasteiger partial charge in [-0.15, -0.1) is 5.10 Å². The largest absolute Gasteiger partial charge is 0.390 e. The number of fused-ring (bicyclic) bond motifs is 1. The fourth-order valence-electron chi connectivity index (χ4n) is 4.67. The molecule has 6 nitrogen and oxygen atoms in total. The Morgan fingerprint density at radius 1 is 1.35 bits per heavy atom. The molecule has 138 valence electrons. The predicted octanol–water partition coefficient (Wildman–Crippen LogP) is 2.83. The molecule has 0 bridgehead atoms. The van der Waals surface area contributed by atoms with E-state index in [4.69, 9.17) is 11.6 Å². The molecule has 2 aliphatic rings. The molecule has 4 rings (SSSR count). The number of carbonyl (C=O) groups excluding carboxylic acids is 1. The molecule has 0 aliphatic heterocycles. The molecule has 2 aromatic rings. The molecular weight excluding hydrogens is 352 g/mol. The third-order valence-corrected chi connectivity index (χ3v) is 6.22. The van der Waals surface area contributed by atoms with Gasteiger partial charge < -0.3 is 10.4 Å². The van der Waals surface area contributed by atoms with Crippen LogP contribution < -0.4 is 5.32 Å². The van der Waals surface area contributed by atoms with Crippen molar-refractivity contribution in [2.24, 2.45) is 17.8 Å². The number of aliphatic hydroxyl groups excluding tert-OH is 1. The number of benzene rings is 1. The minimum atomic E-state index is -0.0334. The molecule has 1 aromatic carbocycles. The Hall–Kier alpha value is -1.92. The highest BCUT2D eigenvalue weighted by molar-refractivity contribution is 6.30. The number of carbonyl (C=O) groups is 1. The fourth-order valence-corrected chi connectivity index (χ4v) is 4.79. The number of aromatic nitrogens is 3. The average Bonchev–Trinajstić information content (AvgIpc) is 3.04. The summed E-state index contributed by atoms with van der Waals surface area (Å²) in [6.45, 7) is 2.09. The van der Waals surface area contributed by atoms with Crippen LogP contribution in [0.15, 0.2) is 30.5 Å². The highest BCUT2D eigenvalue weighted by Crippen LogP contribution is 2.62. The van der Waals surface area contributed by atoms with E-state index in [9.17, 15) is 9.90 Å². The van der Waals surface area contributed by atoms with Crippen molar-refractivity contribution in [3.05, 3.63) is 46.7 Å². The van der Waals surface area contributed by atoms with Crippen molar-refractivity contribution < 1.29 is 9.90 Å². The van der Waals surface area contributed by atoms with Gasteiger partial charge in [-0.3, -0.25) is 4.79 Å². The molecule has 2 saturated carbocycles. The van der Waals surface area contributed by atoms with E-state index in [0.29, 0.717) is 34.4 Å². The van der Waals surface area contributed by atoms with Gasteiger partial charge in [0, 0.05) is 16.6 Å². The van der Waals surface area contributed by atoms with Crippen LogP contribution in [0.3, 0.4) is 0 Å². The van der Waals surface area contributed by atoms with Crippen molar-refractivity contribution in [2.75, 3.05) is 0 Å². The Bertz CT molecular complexity index is 779. The second-order valence-corrected chi connectivity index (χ2v) is 7.79. The molecule has 1 unspecified atom stereocenters. The Labute approximate surface area is 157 Å². The maximum absolute atomic E-state index is 12.5. The van der Waals surface area contributed by atoms with Crippen molar-refractivity contribution >= 4 is 17.5 Å². The lowest BCUT2D eigenvalue weighted by Gasteiger charge is -2.22. The zero-order valence-corrected chi connectivity index (χ0v) is 15.4. The summed E-state index contributed by atoms with van der Waals surface area (Å²) in [5.41, 5.74) is 1.42. The van der Waals surface area contributed by atoms with E-state index in [1.807, 2.05) is 4.68 Å². The van der Waals surface area contributed by atoms with Gasteiger partial charge in [-0.1, -0.05) is 23.7 Å². The summed E-state index contributed by atoms with van der Waals surface area (Å²) < 4.78 is 1.87. The third kappa shape index (κ3) is 3.12. The van der Waals surface area contributed by atoms with E-state index in [1.165, 1.54) is 0 Å². The van der Waals surface area contributed by atoms with Gasteiger partial charge >= 0.3 is 0 Å². The van der Waals surface area contributed by atoms with Crippen LogP contribution in [0.5, 0.6) is 0 Å². The number of halogens is 1. The summed E-state index contributed by atoms with van der Waals surface area (Å²) in [6, 6.07) is 7.51. The highest BCUT2D eigenvalue weighted by Gasteiger charge is 2.59. The molecule has 7 heteroatoms. The molecule has 2 fully saturated rings. The van der Waals surface area contributed by atoms with Gasteiger partial charge in [-0.2, -0.15) is 0 Å². The summed E-state index contributed by atoms with van der Waals surface area (Å²) >= 11 is 5.89. The number of rotatable bonds is 6. The Morgan fingerprint density at radius 2 is 2.04 bits per heavy atom. The van der Waals surface area contributed by atoms with Gasteiger partial charge in [-0.25, -0.2) is 4.68 Å². The molecule has 2 N–H and O–H groups in total. The van der Waals surface area contributed by atoms with Gasteiger partial charge in [0.15, 0.2) is 0 Å². The first-order valence-electron chi connectivity index (χ1n) is 9.18. The molecule has 1 heterocycles. The van der Waals surface area contributed by atoms with E-state index < -0.39 is 0 Å². The minimum absolute atomic E-state index is 0.0308. The Morgan fingerprint density at radius 3 is 2.65 bits per heavy atom. The number of aliphatic hydroxyl groups is 1. The first-order valence-corrected chi connectivity index (χ1v) is 9.56. The standard InChI is InChI=1S/C19H23ClN4O2/c1-2-17(22-19(26)11-3-5-12(20)6-4-11)18-15-7-13(8-16(15)18)24-14(10-25)9-21-23-24/h3-6,9,13,15-18,25H,2,7-8,10H2,1H3,(H,22,26)/t13-,15-,16+,17?,18+. The highest BCUT2D eigenvalue weighted by atomic mass is 35.5. The molecule has 1 amide bonds. The summed E-state index contributed by atoms with van der Waals surface area (Å²) in [6.07, 6.45) is 4.63. The number of nitrogens with zero attached hydrogens (tertiary/aromatic N) is 3. The lowest BCUT2D eigenvalue weighted by atomic mass is 9.99. The summed E-state index contributed by atoms with van der Waals surface area (Å²) in [5, 5.41) is 21.3. The maximum atomic E-state index is 12.5. The van der Waals surface area contributed by atoms with Gasteiger partial charge in [0.1, 0.15) is 0 Å². The normalized spacial score (nSPS) is 27.8. The van der Waals surface area contributed by atoms with Crippen LogP contribution in [0.1, 0.15) is 48.3 Å². The minimum Gasteiger partial charge on any atom is -0.390 e. The summed E-state index contributed by atoms with van der Waals surface area (Å²) in [4.78, 5) is 12.5. The lowest BCUT2D eigenvalue weighted by molar-refractivity contribution is 0.0926. The molecular formula is C19H23ClN4O2. The van der Waals surface area contributed by atoms with Gasteiger partial charge in [0.25, 0.3) is 5.91 Å². The molecule has 26 heavy (non-hydrogen) atoms. The van der Waals surface area contributed by atoms with Crippen molar-refractivity contribution in [1.29, 1.82) is 0 Å². The van der Waals surface area contributed by atoms with E-state index in [-0.39, 0.29) is 18.6 Å². The number of hydrogen-bond acceptors (Lipinski definition) is 4. The average molecular weight is 375 g/mol. The number of amides is 1. The topological polar surface area (TPSA) is 80.0 Å². The molecule has 1 aromatic heterocycles. The second kappa shape index (κ2) is 7.00. The van der Waals surface area contributed by atoms with E-state index in [2.05, 4.69) is 22.6 Å². The van der Waals surface area contributed by atoms with Gasteiger partial charge in [0.05, 0.1) is 24.5 Å². The van der Waals surface area contributed by atoms with Gasteiger partial charge in [0.2, 0.25) is 0 Å². The molecule has 0 radical (unpaired) electrons. The first-order chi connectivity index (χ1) is 12.6.